The third-order valence-corrected chi connectivity index (χ3v) is 3.76. The van der Waals surface area contributed by atoms with E-state index < -0.39 is 5.97 Å². The fraction of sp³-hybridized carbons (Fsp3) is 0. The number of carbonyl (C=O) groups is 1. The lowest BCUT2D eigenvalue weighted by Crippen LogP contribution is -2.11. The Morgan fingerprint density at radius 1 is 1.09 bits per heavy atom. The van der Waals surface area contributed by atoms with E-state index in [0.29, 0.717) is 22.4 Å². The summed E-state index contributed by atoms with van der Waals surface area (Å²) in [7, 11) is 0. The number of aromatic nitrogens is 3. The molecule has 0 saturated carbocycles. The van der Waals surface area contributed by atoms with Crippen LogP contribution in [-0.4, -0.2) is 25.4 Å². The van der Waals surface area contributed by atoms with Gasteiger partial charge in [0.1, 0.15) is 11.3 Å². The molecule has 0 saturated heterocycles. The molecule has 2 aromatic heterocycles. The molecule has 0 amide bonds. The first-order chi connectivity index (χ1) is 11.1. The Morgan fingerprint density at radius 3 is 2.61 bits per heavy atom. The fourth-order valence-electron chi connectivity index (χ4n) is 2.70. The second kappa shape index (κ2) is 4.81. The molecule has 112 valence electrons. The average molecular weight is 305 g/mol. The molecule has 2 N–H and O–H groups in total. The first-order valence-corrected chi connectivity index (χ1v) is 6.97. The highest BCUT2D eigenvalue weighted by Gasteiger charge is 2.13. The van der Waals surface area contributed by atoms with Crippen LogP contribution in [0.15, 0.2) is 59.5 Å². The minimum Gasteiger partial charge on any atom is -0.478 e. The summed E-state index contributed by atoms with van der Waals surface area (Å²) in [5, 5.41) is 9.11. The van der Waals surface area contributed by atoms with E-state index in [1.807, 2.05) is 30.3 Å². The highest BCUT2D eigenvalue weighted by Crippen LogP contribution is 2.22. The zero-order valence-electron chi connectivity index (χ0n) is 11.9. The summed E-state index contributed by atoms with van der Waals surface area (Å²) in [4.78, 5) is 30.4. The number of hydrogen-bond acceptors (Lipinski definition) is 3. The summed E-state index contributed by atoms with van der Waals surface area (Å²) >= 11 is 0. The number of imidazole rings is 1. The number of carboxylic acids is 1. The molecule has 2 heterocycles. The number of fused-ring (bicyclic) bond motifs is 3. The molecule has 2 aromatic carbocycles. The van der Waals surface area contributed by atoms with E-state index in [0.717, 1.165) is 5.56 Å². The fourth-order valence-corrected chi connectivity index (χ4v) is 2.70. The highest BCUT2D eigenvalue weighted by molar-refractivity contribution is 5.93. The SMILES string of the molecule is O=C(O)c1ccc2c(c1)[nH]c(=O)c1cnc(-c3ccccc3)n12. The van der Waals surface area contributed by atoms with Gasteiger partial charge in [-0.05, 0) is 18.2 Å². The van der Waals surface area contributed by atoms with Gasteiger partial charge in [0.15, 0.2) is 0 Å². The standard InChI is InChI=1S/C17H11N3O3/c21-16-14-9-18-15(10-4-2-1-3-5-10)20(14)13-7-6-11(17(22)23)8-12(13)19-16/h1-9H,(H,19,21)(H,22,23). The monoisotopic (exact) mass is 305 g/mol. The first-order valence-electron chi connectivity index (χ1n) is 6.97. The van der Waals surface area contributed by atoms with Crippen LogP contribution in [0.25, 0.3) is 27.9 Å². The van der Waals surface area contributed by atoms with E-state index in [1.165, 1.54) is 18.3 Å². The number of benzene rings is 2. The Balaban J connectivity index is 2.13. The number of aromatic amines is 1. The van der Waals surface area contributed by atoms with Gasteiger partial charge < -0.3 is 10.1 Å². The minimum absolute atomic E-state index is 0.119. The summed E-state index contributed by atoms with van der Waals surface area (Å²) in [6.07, 6.45) is 1.52. The second-order valence-corrected chi connectivity index (χ2v) is 5.16. The van der Waals surface area contributed by atoms with Crippen molar-refractivity contribution in [2.24, 2.45) is 0 Å². The number of H-pyrrole nitrogens is 1. The van der Waals surface area contributed by atoms with Crippen LogP contribution in [0.2, 0.25) is 0 Å². The first kappa shape index (κ1) is 13.3. The molecule has 4 aromatic rings. The largest absolute Gasteiger partial charge is 0.478 e. The summed E-state index contributed by atoms with van der Waals surface area (Å²) in [6, 6.07) is 14.2. The van der Waals surface area contributed by atoms with Crippen LogP contribution >= 0.6 is 0 Å². The highest BCUT2D eigenvalue weighted by atomic mass is 16.4. The van der Waals surface area contributed by atoms with E-state index >= 15 is 0 Å². The number of hydrogen-bond donors (Lipinski definition) is 2. The average Bonchev–Trinajstić information content (AvgIpc) is 3.01. The van der Waals surface area contributed by atoms with E-state index in [-0.39, 0.29) is 11.1 Å². The molecule has 6 nitrogen and oxygen atoms in total. The minimum atomic E-state index is -1.04. The zero-order valence-corrected chi connectivity index (χ0v) is 11.9. The summed E-state index contributed by atoms with van der Waals surface area (Å²) in [5.41, 5.74) is 2.25. The predicted octanol–water partition coefficient (Wildman–Crippen LogP) is 2.54. The summed E-state index contributed by atoms with van der Waals surface area (Å²) < 4.78 is 1.75. The molecular weight excluding hydrogens is 294 g/mol. The molecule has 6 heteroatoms. The molecule has 0 aliphatic carbocycles. The molecule has 0 bridgehead atoms. The lowest BCUT2D eigenvalue weighted by Gasteiger charge is -2.07. The van der Waals surface area contributed by atoms with Crippen LogP contribution in [0, 0.1) is 0 Å². The van der Waals surface area contributed by atoms with Crippen molar-refractivity contribution in [3.05, 3.63) is 70.6 Å². The maximum atomic E-state index is 12.3. The Morgan fingerprint density at radius 2 is 1.87 bits per heavy atom. The van der Waals surface area contributed by atoms with Crippen molar-refractivity contribution in [3.63, 3.8) is 0 Å². The molecule has 0 fully saturated rings. The number of aromatic carboxylic acids is 1. The van der Waals surface area contributed by atoms with E-state index in [9.17, 15) is 9.59 Å². The number of nitrogens with zero attached hydrogens (tertiary/aromatic N) is 2. The van der Waals surface area contributed by atoms with Gasteiger partial charge in [-0.15, -0.1) is 0 Å². The molecule has 4 rings (SSSR count). The second-order valence-electron chi connectivity index (χ2n) is 5.16. The Kier molecular flexibility index (Phi) is 2.77. The van der Waals surface area contributed by atoms with Gasteiger partial charge in [0.05, 0.1) is 22.8 Å². The Labute approximate surface area is 129 Å². The van der Waals surface area contributed by atoms with Crippen molar-refractivity contribution in [1.82, 2.24) is 14.4 Å². The number of rotatable bonds is 2. The molecule has 0 radical (unpaired) electrons. The van der Waals surface area contributed by atoms with Gasteiger partial charge in [-0.2, -0.15) is 0 Å². The predicted molar refractivity (Wildman–Crippen MR) is 85.7 cm³/mol. The van der Waals surface area contributed by atoms with E-state index in [1.54, 1.807) is 10.5 Å². The summed E-state index contributed by atoms with van der Waals surface area (Å²) in [5.74, 6) is -0.401. The van der Waals surface area contributed by atoms with Crippen LogP contribution in [-0.2, 0) is 0 Å². The molecule has 0 atom stereocenters. The number of nitrogens with one attached hydrogen (secondary N) is 1. The Hall–Kier alpha value is -3.41. The Bertz CT molecular complexity index is 1110. The summed E-state index contributed by atoms with van der Waals surface area (Å²) in [6.45, 7) is 0. The van der Waals surface area contributed by atoms with Crippen molar-refractivity contribution in [3.8, 4) is 11.4 Å². The zero-order chi connectivity index (χ0) is 16.0. The third-order valence-electron chi connectivity index (χ3n) is 3.76. The molecule has 0 unspecified atom stereocenters. The molecule has 0 spiro atoms. The van der Waals surface area contributed by atoms with E-state index in [2.05, 4.69) is 9.97 Å². The van der Waals surface area contributed by atoms with Crippen LogP contribution in [0.3, 0.4) is 0 Å². The number of carboxylic acid groups (broad SMARTS) is 1. The molecule has 23 heavy (non-hydrogen) atoms. The van der Waals surface area contributed by atoms with Gasteiger partial charge in [-0.25, -0.2) is 9.78 Å². The molecular formula is C17H11N3O3. The van der Waals surface area contributed by atoms with Crippen LogP contribution < -0.4 is 5.56 Å². The maximum absolute atomic E-state index is 12.3. The van der Waals surface area contributed by atoms with Crippen molar-refractivity contribution >= 4 is 22.5 Å². The van der Waals surface area contributed by atoms with Gasteiger partial charge >= 0.3 is 5.97 Å². The molecule has 0 aliphatic rings. The lowest BCUT2D eigenvalue weighted by molar-refractivity contribution is 0.0697. The van der Waals surface area contributed by atoms with Crippen molar-refractivity contribution in [1.29, 1.82) is 0 Å². The van der Waals surface area contributed by atoms with Crippen molar-refractivity contribution in [2.75, 3.05) is 0 Å². The lowest BCUT2D eigenvalue weighted by atomic mass is 10.2. The normalized spacial score (nSPS) is 11.1. The van der Waals surface area contributed by atoms with Gasteiger partial charge in [-0.1, -0.05) is 30.3 Å². The topological polar surface area (TPSA) is 87.5 Å². The van der Waals surface area contributed by atoms with Crippen LogP contribution in [0.4, 0.5) is 0 Å². The van der Waals surface area contributed by atoms with Gasteiger partial charge in [0.25, 0.3) is 5.56 Å². The van der Waals surface area contributed by atoms with E-state index in [4.69, 9.17) is 5.11 Å². The van der Waals surface area contributed by atoms with Crippen molar-refractivity contribution in [2.45, 2.75) is 0 Å². The van der Waals surface area contributed by atoms with Crippen LogP contribution in [0.5, 0.6) is 0 Å². The quantitative estimate of drug-likeness (QED) is 0.596. The van der Waals surface area contributed by atoms with Crippen molar-refractivity contribution < 1.29 is 9.90 Å². The molecule has 0 aliphatic heterocycles. The maximum Gasteiger partial charge on any atom is 0.335 e. The third kappa shape index (κ3) is 2.00. The van der Waals surface area contributed by atoms with Gasteiger partial charge in [0.2, 0.25) is 0 Å². The smallest absolute Gasteiger partial charge is 0.335 e. The van der Waals surface area contributed by atoms with Crippen LogP contribution in [0.1, 0.15) is 10.4 Å². The van der Waals surface area contributed by atoms with Gasteiger partial charge in [0, 0.05) is 5.56 Å². The van der Waals surface area contributed by atoms with Gasteiger partial charge in [-0.3, -0.25) is 9.20 Å².